The van der Waals surface area contributed by atoms with Crippen LogP contribution in [0.2, 0.25) is 0 Å². The van der Waals surface area contributed by atoms with Crippen molar-refractivity contribution in [3.8, 4) is 11.6 Å². The standard InChI is InChI=1S/C26H28N4O3/c1-20-10-12-22(13-11-20)33-25-23(9-5-14-27-25)26(32)30-16-6-15-29(17-18-30)19-24(31)28-21-7-3-2-4-8-21/h2-5,7-14H,6,15-19H2,1H3,(H,28,31). The van der Waals surface area contributed by atoms with Crippen LogP contribution >= 0.6 is 0 Å². The first-order chi connectivity index (χ1) is 16.1. The Morgan fingerprint density at radius 2 is 1.73 bits per heavy atom. The van der Waals surface area contributed by atoms with E-state index in [2.05, 4.69) is 15.2 Å². The van der Waals surface area contributed by atoms with Crippen molar-refractivity contribution in [2.24, 2.45) is 0 Å². The van der Waals surface area contributed by atoms with Crippen molar-refractivity contribution in [2.75, 3.05) is 38.0 Å². The number of ether oxygens (including phenoxy) is 1. The Morgan fingerprint density at radius 1 is 0.939 bits per heavy atom. The van der Waals surface area contributed by atoms with Crippen molar-refractivity contribution < 1.29 is 14.3 Å². The van der Waals surface area contributed by atoms with Crippen molar-refractivity contribution in [2.45, 2.75) is 13.3 Å². The minimum atomic E-state index is -0.110. The Kier molecular flexibility index (Phi) is 7.32. The number of aromatic nitrogens is 1. The van der Waals surface area contributed by atoms with Crippen LogP contribution in [-0.4, -0.2) is 59.3 Å². The van der Waals surface area contributed by atoms with Crippen LogP contribution in [0.15, 0.2) is 72.9 Å². The van der Waals surface area contributed by atoms with E-state index in [4.69, 9.17) is 4.74 Å². The summed E-state index contributed by atoms with van der Waals surface area (Å²) in [7, 11) is 0. The molecule has 1 fully saturated rings. The highest BCUT2D eigenvalue weighted by molar-refractivity contribution is 5.96. The molecule has 0 bridgehead atoms. The minimum absolute atomic E-state index is 0.0537. The fourth-order valence-corrected chi connectivity index (χ4v) is 3.78. The van der Waals surface area contributed by atoms with Crippen LogP contribution in [0.4, 0.5) is 5.69 Å². The molecule has 1 aliphatic rings. The molecule has 4 rings (SSSR count). The number of amides is 2. The van der Waals surface area contributed by atoms with Crippen LogP contribution in [0, 0.1) is 6.92 Å². The Morgan fingerprint density at radius 3 is 2.52 bits per heavy atom. The highest BCUT2D eigenvalue weighted by Gasteiger charge is 2.24. The van der Waals surface area contributed by atoms with E-state index in [0.29, 0.717) is 43.4 Å². The highest BCUT2D eigenvalue weighted by atomic mass is 16.5. The molecule has 170 valence electrons. The maximum atomic E-state index is 13.3. The number of carbonyl (C=O) groups excluding carboxylic acids is 2. The fourth-order valence-electron chi connectivity index (χ4n) is 3.78. The zero-order valence-corrected chi connectivity index (χ0v) is 18.7. The zero-order chi connectivity index (χ0) is 23.0. The maximum Gasteiger partial charge on any atom is 0.259 e. The van der Waals surface area contributed by atoms with Gasteiger partial charge in [0.1, 0.15) is 11.3 Å². The lowest BCUT2D eigenvalue weighted by atomic mass is 10.2. The van der Waals surface area contributed by atoms with Crippen LogP contribution < -0.4 is 10.1 Å². The van der Waals surface area contributed by atoms with Crippen LogP contribution in [0.5, 0.6) is 11.6 Å². The number of nitrogens with zero attached hydrogens (tertiary/aromatic N) is 3. The monoisotopic (exact) mass is 444 g/mol. The van der Waals surface area contributed by atoms with Gasteiger partial charge in [-0.3, -0.25) is 14.5 Å². The topological polar surface area (TPSA) is 74.8 Å². The molecule has 0 saturated carbocycles. The van der Waals surface area contributed by atoms with Crippen LogP contribution in [-0.2, 0) is 4.79 Å². The third-order valence-corrected chi connectivity index (χ3v) is 5.54. The molecule has 1 aliphatic heterocycles. The summed E-state index contributed by atoms with van der Waals surface area (Å²) in [5.74, 6) is 0.775. The summed E-state index contributed by atoms with van der Waals surface area (Å²) >= 11 is 0. The van der Waals surface area contributed by atoms with Gasteiger partial charge in [0.2, 0.25) is 11.8 Å². The van der Waals surface area contributed by atoms with E-state index in [0.717, 1.165) is 24.2 Å². The number of anilines is 1. The van der Waals surface area contributed by atoms with Gasteiger partial charge in [-0.1, -0.05) is 35.9 Å². The average molecular weight is 445 g/mol. The molecular weight excluding hydrogens is 416 g/mol. The number of aryl methyl sites for hydroxylation is 1. The maximum absolute atomic E-state index is 13.3. The molecule has 1 aromatic heterocycles. The second kappa shape index (κ2) is 10.7. The summed E-state index contributed by atoms with van der Waals surface area (Å²) in [5.41, 5.74) is 2.35. The van der Waals surface area contributed by atoms with Gasteiger partial charge in [-0.15, -0.1) is 0 Å². The number of nitrogens with one attached hydrogen (secondary N) is 1. The molecule has 2 heterocycles. The van der Waals surface area contributed by atoms with Gasteiger partial charge in [0.15, 0.2) is 0 Å². The molecule has 1 saturated heterocycles. The number of hydrogen-bond acceptors (Lipinski definition) is 5. The lowest BCUT2D eigenvalue weighted by Gasteiger charge is -2.22. The van der Waals surface area contributed by atoms with E-state index in [1.807, 2.05) is 66.4 Å². The van der Waals surface area contributed by atoms with Crippen molar-refractivity contribution in [1.82, 2.24) is 14.8 Å². The summed E-state index contributed by atoms with van der Waals surface area (Å²) < 4.78 is 5.92. The molecule has 33 heavy (non-hydrogen) atoms. The Balaban J connectivity index is 1.37. The molecule has 7 nitrogen and oxygen atoms in total. The van der Waals surface area contributed by atoms with E-state index in [-0.39, 0.29) is 11.8 Å². The van der Waals surface area contributed by atoms with Gasteiger partial charge in [0.05, 0.1) is 6.54 Å². The van der Waals surface area contributed by atoms with Crippen molar-refractivity contribution in [3.63, 3.8) is 0 Å². The van der Waals surface area contributed by atoms with E-state index in [9.17, 15) is 9.59 Å². The van der Waals surface area contributed by atoms with Gasteiger partial charge in [-0.25, -0.2) is 4.98 Å². The van der Waals surface area contributed by atoms with Crippen molar-refractivity contribution in [1.29, 1.82) is 0 Å². The molecule has 0 aliphatic carbocycles. The SMILES string of the molecule is Cc1ccc(Oc2ncccc2C(=O)N2CCCN(CC(=O)Nc3ccccc3)CC2)cc1. The molecule has 2 aromatic carbocycles. The van der Waals surface area contributed by atoms with Crippen molar-refractivity contribution >= 4 is 17.5 Å². The number of pyridine rings is 1. The Hall–Kier alpha value is -3.71. The highest BCUT2D eigenvalue weighted by Crippen LogP contribution is 2.24. The van der Waals surface area contributed by atoms with Gasteiger partial charge in [-0.05, 0) is 49.7 Å². The molecule has 0 unspecified atom stereocenters. The smallest absolute Gasteiger partial charge is 0.259 e. The van der Waals surface area contributed by atoms with Crippen LogP contribution in [0.3, 0.4) is 0 Å². The van der Waals surface area contributed by atoms with E-state index >= 15 is 0 Å². The molecule has 1 N–H and O–H groups in total. The number of carbonyl (C=O) groups is 2. The van der Waals surface area contributed by atoms with Gasteiger partial charge in [-0.2, -0.15) is 0 Å². The minimum Gasteiger partial charge on any atom is -0.438 e. The third kappa shape index (κ3) is 6.17. The lowest BCUT2D eigenvalue weighted by Crippen LogP contribution is -2.38. The first-order valence-electron chi connectivity index (χ1n) is 11.1. The molecule has 7 heteroatoms. The van der Waals surface area contributed by atoms with Gasteiger partial charge in [0, 0.05) is 38.1 Å². The molecule has 0 radical (unpaired) electrons. The Bertz CT molecular complexity index is 1090. The van der Waals surface area contributed by atoms with Crippen LogP contribution in [0.25, 0.3) is 0 Å². The van der Waals surface area contributed by atoms with E-state index in [1.165, 1.54) is 0 Å². The molecule has 0 spiro atoms. The second-order valence-electron chi connectivity index (χ2n) is 8.11. The summed E-state index contributed by atoms with van der Waals surface area (Å²) in [6.07, 6.45) is 2.41. The summed E-state index contributed by atoms with van der Waals surface area (Å²) in [6, 6.07) is 20.5. The number of para-hydroxylation sites is 1. The van der Waals surface area contributed by atoms with Gasteiger partial charge in [0.25, 0.3) is 5.91 Å². The molecule has 2 amide bonds. The fraction of sp³-hybridized carbons (Fsp3) is 0.269. The molecule has 0 atom stereocenters. The van der Waals surface area contributed by atoms with E-state index in [1.54, 1.807) is 18.3 Å². The molecular formula is C26H28N4O3. The summed E-state index contributed by atoms with van der Waals surface area (Å²) in [4.78, 5) is 33.9. The number of hydrogen-bond donors (Lipinski definition) is 1. The van der Waals surface area contributed by atoms with E-state index < -0.39 is 0 Å². The molecule has 3 aromatic rings. The summed E-state index contributed by atoms with van der Waals surface area (Å²) in [6.45, 7) is 4.85. The van der Waals surface area contributed by atoms with Gasteiger partial charge >= 0.3 is 0 Å². The first-order valence-corrected chi connectivity index (χ1v) is 11.1. The third-order valence-electron chi connectivity index (χ3n) is 5.54. The normalized spacial score (nSPS) is 14.4. The van der Waals surface area contributed by atoms with Crippen molar-refractivity contribution in [3.05, 3.63) is 84.1 Å². The number of benzene rings is 2. The predicted molar refractivity (Wildman–Crippen MR) is 128 cm³/mol. The Labute approximate surface area is 194 Å². The first kappa shape index (κ1) is 22.5. The van der Waals surface area contributed by atoms with Gasteiger partial charge < -0.3 is 15.0 Å². The van der Waals surface area contributed by atoms with Crippen LogP contribution in [0.1, 0.15) is 22.3 Å². The second-order valence-corrected chi connectivity index (χ2v) is 8.11. The zero-order valence-electron chi connectivity index (χ0n) is 18.7. The summed E-state index contributed by atoms with van der Waals surface area (Å²) in [5, 5.41) is 2.92. The quantitative estimate of drug-likeness (QED) is 0.623. The predicted octanol–water partition coefficient (Wildman–Crippen LogP) is 3.97. The average Bonchev–Trinajstić information content (AvgIpc) is 3.06. The largest absolute Gasteiger partial charge is 0.438 e. The lowest BCUT2D eigenvalue weighted by molar-refractivity contribution is -0.117. The number of rotatable bonds is 6.